The maximum Gasteiger partial charge on any atom is 0.273 e. The number of pyridine rings is 1. The number of amides is 1. The molecular formula is C24H19BrN4O2. The normalized spacial score (nSPS) is 15.2. The number of rotatable bonds is 5. The zero-order chi connectivity index (χ0) is 21.4. The molecule has 0 spiro atoms. The molecule has 1 N–H and O–H groups in total. The largest absolute Gasteiger partial charge is 0.497 e. The number of nitrogens with one attached hydrogen (secondary N) is 1. The van der Waals surface area contributed by atoms with Gasteiger partial charge in [-0.15, -0.1) is 0 Å². The highest BCUT2D eigenvalue weighted by Gasteiger charge is 2.42. The van der Waals surface area contributed by atoms with Gasteiger partial charge in [-0.25, -0.2) is 0 Å². The van der Waals surface area contributed by atoms with Crippen LogP contribution in [0, 0.1) is 0 Å². The fraction of sp³-hybridized carbons (Fsp3) is 0.125. The van der Waals surface area contributed by atoms with Gasteiger partial charge < -0.3 is 9.64 Å². The topological polar surface area (TPSA) is 71.1 Å². The molecule has 1 aliphatic heterocycles. The lowest BCUT2D eigenvalue weighted by Crippen LogP contribution is -2.29. The number of hydrogen-bond acceptors (Lipinski definition) is 4. The molecule has 3 heterocycles. The smallest absolute Gasteiger partial charge is 0.273 e. The summed E-state index contributed by atoms with van der Waals surface area (Å²) in [5, 5.41) is 7.51. The summed E-state index contributed by atoms with van der Waals surface area (Å²) in [6, 6.07) is 19.4. The summed E-state index contributed by atoms with van der Waals surface area (Å²) in [4.78, 5) is 19.5. The van der Waals surface area contributed by atoms with Crippen LogP contribution in [0.15, 0.2) is 77.5 Å². The van der Waals surface area contributed by atoms with Crippen LogP contribution in [0.5, 0.6) is 5.75 Å². The number of nitrogens with zero attached hydrogens (tertiary/aromatic N) is 3. The van der Waals surface area contributed by atoms with Crippen molar-refractivity contribution in [3.63, 3.8) is 0 Å². The minimum absolute atomic E-state index is 0.0731. The molecule has 1 aliphatic rings. The third-order valence-electron chi connectivity index (χ3n) is 5.47. The molecule has 31 heavy (non-hydrogen) atoms. The Hall–Kier alpha value is -3.45. The molecule has 1 amide bonds. The Morgan fingerprint density at radius 2 is 1.97 bits per heavy atom. The quantitative estimate of drug-likeness (QED) is 0.442. The molecule has 4 aromatic rings. The first-order chi connectivity index (χ1) is 15.2. The SMILES string of the molecule is COc1ccc(-c2n[nH]c3c2C(c2cccc(Br)c2)N(Cc2cccnc2)C3=O)cc1. The van der Waals surface area contributed by atoms with Crippen LogP contribution >= 0.6 is 15.9 Å². The zero-order valence-corrected chi connectivity index (χ0v) is 18.3. The highest BCUT2D eigenvalue weighted by molar-refractivity contribution is 9.10. The van der Waals surface area contributed by atoms with E-state index < -0.39 is 0 Å². The zero-order valence-electron chi connectivity index (χ0n) is 16.7. The van der Waals surface area contributed by atoms with Crippen LogP contribution in [0.25, 0.3) is 11.3 Å². The first-order valence-electron chi connectivity index (χ1n) is 9.83. The number of fused-ring (bicyclic) bond motifs is 1. The summed E-state index contributed by atoms with van der Waals surface area (Å²) >= 11 is 3.57. The van der Waals surface area contributed by atoms with E-state index >= 15 is 0 Å². The van der Waals surface area contributed by atoms with Gasteiger partial charge in [0.2, 0.25) is 0 Å². The summed E-state index contributed by atoms with van der Waals surface area (Å²) in [5.41, 5.74) is 5.09. The Bertz CT molecular complexity index is 1240. The molecule has 0 aliphatic carbocycles. The maximum absolute atomic E-state index is 13.4. The summed E-state index contributed by atoms with van der Waals surface area (Å²) in [6.07, 6.45) is 3.52. The molecule has 0 saturated heterocycles. The molecule has 6 nitrogen and oxygen atoms in total. The Morgan fingerprint density at radius 3 is 2.68 bits per heavy atom. The van der Waals surface area contributed by atoms with E-state index in [4.69, 9.17) is 4.74 Å². The van der Waals surface area contributed by atoms with Crippen LogP contribution in [0.3, 0.4) is 0 Å². The number of benzene rings is 2. The number of halogens is 1. The van der Waals surface area contributed by atoms with Gasteiger partial charge in [-0.3, -0.25) is 14.9 Å². The summed E-state index contributed by atoms with van der Waals surface area (Å²) < 4.78 is 6.24. The number of aromatic amines is 1. The standard InChI is InChI=1S/C24H19BrN4O2/c1-31-19-9-7-16(8-10-19)21-20-22(28-27-21)24(30)29(14-15-4-3-11-26-13-15)23(20)17-5-2-6-18(25)12-17/h2-13,23H,14H2,1H3,(H,27,28). The number of ether oxygens (including phenoxy) is 1. The predicted octanol–water partition coefficient (Wildman–Crippen LogP) is 4.99. The Balaban J connectivity index is 1.64. The van der Waals surface area contributed by atoms with E-state index in [9.17, 15) is 4.79 Å². The highest BCUT2D eigenvalue weighted by Crippen LogP contribution is 2.44. The van der Waals surface area contributed by atoms with E-state index in [1.54, 1.807) is 19.5 Å². The molecule has 2 aromatic carbocycles. The van der Waals surface area contributed by atoms with Crippen molar-refractivity contribution in [1.82, 2.24) is 20.1 Å². The summed E-state index contributed by atoms with van der Waals surface area (Å²) in [7, 11) is 1.64. The van der Waals surface area contributed by atoms with Gasteiger partial charge in [0.15, 0.2) is 0 Å². The second-order valence-corrected chi connectivity index (χ2v) is 8.26. The van der Waals surface area contributed by atoms with Crippen molar-refractivity contribution < 1.29 is 9.53 Å². The third-order valence-corrected chi connectivity index (χ3v) is 5.96. The van der Waals surface area contributed by atoms with Crippen molar-refractivity contribution in [2.45, 2.75) is 12.6 Å². The van der Waals surface area contributed by atoms with Gasteiger partial charge in [-0.1, -0.05) is 34.1 Å². The Labute approximate surface area is 188 Å². The van der Waals surface area contributed by atoms with Gasteiger partial charge in [-0.05, 0) is 53.6 Å². The molecule has 154 valence electrons. The summed E-state index contributed by atoms with van der Waals surface area (Å²) in [5.74, 6) is 0.699. The van der Waals surface area contributed by atoms with Gasteiger partial charge in [0.1, 0.15) is 11.4 Å². The van der Waals surface area contributed by atoms with E-state index in [2.05, 4.69) is 31.1 Å². The first-order valence-corrected chi connectivity index (χ1v) is 10.6. The molecule has 0 saturated carbocycles. The van der Waals surface area contributed by atoms with Crippen molar-refractivity contribution in [3.8, 4) is 17.0 Å². The van der Waals surface area contributed by atoms with Crippen molar-refractivity contribution in [3.05, 3.63) is 99.9 Å². The van der Waals surface area contributed by atoms with Crippen molar-refractivity contribution in [2.24, 2.45) is 0 Å². The fourth-order valence-corrected chi connectivity index (χ4v) is 4.46. The van der Waals surface area contributed by atoms with Crippen molar-refractivity contribution in [2.75, 3.05) is 7.11 Å². The molecule has 0 fully saturated rings. The van der Waals surface area contributed by atoms with Gasteiger partial charge in [0, 0.05) is 34.5 Å². The van der Waals surface area contributed by atoms with E-state index in [1.807, 2.05) is 65.6 Å². The van der Waals surface area contributed by atoms with E-state index in [0.29, 0.717) is 12.2 Å². The fourth-order valence-electron chi connectivity index (χ4n) is 4.04. The monoisotopic (exact) mass is 474 g/mol. The Kier molecular flexibility index (Phi) is 5.03. The average molecular weight is 475 g/mol. The molecular weight excluding hydrogens is 456 g/mol. The predicted molar refractivity (Wildman–Crippen MR) is 121 cm³/mol. The number of methoxy groups -OCH3 is 1. The second-order valence-electron chi connectivity index (χ2n) is 7.34. The van der Waals surface area contributed by atoms with Gasteiger partial charge >= 0.3 is 0 Å². The van der Waals surface area contributed by atoms with Crippen LogP contribution in [-0.2, 0) is 6.54 Å². The number of H-pyrrole nitrogens is 1. The van der Waals surface area contributed by atoms with Crippen LogP contribution in [0.1, 0.15) is 33.2 Å². The lowest BCUT2D eigenvalue weighted by atomic mass is 9.96. The van der Waals surface area contributed by atoms with E-state index in [-0.39, 0.29) is 11.9 Å². The maximum atomic E-state index is 13.4. The Morgan fingerprint density at radius 1 is 1.13 bits per heavy atom. The number of carbonyl (C=O) groups is 1. The van der Waals surface area contributed by atoms with Gasteiger partial charge in [0.05, 0.1) is 18.8 Å². The highest BCUT2D eigenvalue weighted by atomic mass is 79.9. The molecule has 5 rings (SSSR count). The van der Waals surface area contributed by atoms with Crippen LogP contribution in [0.2, 0.25) is 0 Å². The third kappa shape index (κ3) is 3.51. The number of aromatic nitrogens is 3. The van der Waals surface area contributed by atoms with Crippen molar-refractivity contribution >= 4 is 21.8 Å². The first kappa shape index (κ1) is 19.5. The average Bonchev–Trinajstić information content (AvgIpc) is 3.34. The van der Waals surface area contributed by atoms with Crippen molar-refractivity contribution in [1.29, 1.82) is 0 Å². The number of hydrogen-bond donors (Lipinski definition) is 1. The van der Waals surface area contributed by atoms with Gasteiger partial charge in [0.25, 0.3) is 5.91 Å². The lowest BCUT2D eigenvalue weighted by molar-refractivity contribution is 0.0730. The van der Waals surface area contributed by atoms with Crippen LogP contribution in [0.4, 0.5) is 0 Å². The van der Waals surface area contributed by atoms with Crippen LogP contribution in [-0.4, -0.2) is 33.1 Å². The van der Waals surface area contributed by atoms with Gasteiger partial charge in [-0.2, -0.15) is 5.10 Å². The van der Waals surface area contributed by atoms with E-state index in [0.717, 1.165) is 38.2 Å². The summed E-state index contributed by atoms with van der Waals surface area (Å²) in [6.45, 7) is 0.453. The minimum atomic E-state index is -0.268. The van der Waals surface area contributed by atoms with E-state index in [1.165, 1.54) is 0 Å². The molecule has 1 atom stereocenters. The molecule has 0 bridgehead atoms. The lowest BCUT2D eigenvalue weighted by Gasteiger charge is -2.26. The molecule has 0 radical (unpaired) electrons. The van der Waals surface area contributed by atoms with Crippen LogP contribution < -0.4 is 4.74 Å². The molecule has 1 unspecified atom stereocenters. The number of carbonyl (C=O) groups excluding carboxylic acids is 1. The second kappa shape index (κ2) is 8.00. The molecule has 7 heteroatoms. The minimum Gasteiger partial charge on any atom is -0.497 e. The molecule has 2 aromatic heterocycles.